The van der Waals surface area contributed by atoms with Crippen molar-refractivity contribution in [1.29, 1.82) is 0 Å². The maximum Gasteiger partial charge on any atom is 0.120 e. The first kappa shape index (κ1) is 41.8. The van der Waals surface area contributed by atoms with Gasteiger partial charge in [-0.25, -0.2) is 0 Å². The van der Waals surface area contributed by atoms with E-state index in [1.807, 2.05) is 0 Å². The van der Waals surface area contributed by atoms with E-state index in [4.69, 9.17) is 0 Å². The van der Waals surface area contributed by atoms with Crippen molar-refractivity contribution < 1.29 is 0 Å². The van der Waals surface area contributed by atoms with Gasteiger partial charge in [0, 0.05) is 15.2 Å². The second-order valence-corrected chi connectivity index (χ2v) is 71.0. The van der Waals surface area contributed by atoms with E-state index >= 15 is 0 Å². The van der Waals surface area contributed by atoms with Crippen LogP contribution in [0.3, 0.4) is 0 Å². The molecule has 0 bridgehead atoms. The molecule has 0 amide bonds. The fourth-order valence-electron chi connectivity index (χ4n) is 12.2. The van der Waals surface area contributed by atoms with Crippen molar-refractivity contribution in [2.45, 2.75) is 39.3 Å². The van der Waals surface area contributed by atoms with E-state index in [0.29, 0.717) is 0 Å². The topological polar surface area (TPSA) is 0 Å². The molecule has 0 heterocycles. The smallest absolute Gasteiger partial charge is 0.0710 e. The van der Waals surface area contributed by atoms with Crippen LogP contribution >= 0.6 is 0 Å². The van der Waals surface area contributed by atoms with Gasteiger partial charge in [-0.15, -0.1) is 0 Å². The van der Waals surface area contributed by atoms with Crippen LogP contribution in [0.25, 0.3) is 0 Å². The summed E-state index contributed by atoms with van der Waals surface area (Å²) in [4.78, 5) is 0. The summed E-state index contributed by atoms with van der Waals surface area (Å²) in [5.74, 6) is 0. The maximum atomic E-state index is 2.77. The minimum absolute atomic E-state index is 1.60. The Hall–Kier alpha value is -4.94. The van der Waals surface area contributed by atoms with E-state index < -0.39 is 43.6 Å². The Morgan fingerprint density at radius 3 is 0.400 bits per heavy atom. The van der Waals surface area contributed by atoms with Gasteiger partial charge in [0.15, 0.2) is 0 Å². The summed E-state index contributed by atoms with van der Waals surface area (Å²) in [7, 11) is -17.6. The van der Waals surface area contributed by atoms with E-state index in [1.165, 1.54) is 0 Å². The third kappa shape index (κ3) is 6.22. The molecule has 60 heavy (non-hydrogen) atoms. The highest BCUT2D eigenvalue weighted by atomic mass is 30.0. The molecule has 0 spiro atoms. The second kappa shape index (κ2) is 16.8. The summed E-state index contributed by atoms with van der Waals surface area (Å²) in [5, 5.41) is 12.8. The molecular formula is C54H58Si6. The fourth-order valence-corrected chi connectivity index (χ4v) is 168. The molecule has 0 unspecified atom stereocenters. The summed E-state index contributed by atoms with van der Waals surface area (Å²) in [6, 6.07) is 97.7. The fraction of sp³-hybridized carbons (Fsp3) is 0.111. The molecule has 0 aliphatic rings. The quantitative estimate of drug-likeness (QED) is 0.103. The van der Waals surface area contributed by atoms with Crippen molar-refractivity contribution in [2.24, 2.45) is 0 Å². The number of hydrogen-bond donors (Lipinski definition) is 0. The summed E-state index contributed by atoms with van der Waals surface area (Å²) >= 11 is 0. The van der Waals surface area contributed by atoms with E-state index in [1.54, 1.807) is 41.5 Å². The highest BCUT2D eigenvalue weighted by molar-refractivity contribution is 8.10. The van der Waals surface area contributed by atoms with Crippen molar-refractivity contribution in [3.63, 3.8) is 0 Å². The Balaban J connectivity index is 1.89. The van der Waals surface area contributed by atoms with Crippen LogP contribution in [-0.2, 0) is 0 Å². The lowest BCUT2D eigenvalue weighted by Gasteiger charge is -2.69. The zero-order chi connectivity index (χ0) is 41.9. The third-order valence-electron chi connectivity index (χ3n) is 13.6. The van der Waals surface area contributed by atoms with Crippen LogP contribution in [0.4, 0.5) is 0 Å². The Labute approximate surface area is 364 Å². The Morgan fingerprint density at radius 2 is 0.283 bits per heavy atom. The van der Waals surface area contributed by atoms with Gasteiger partial charge in [0.05, 0.1) is 0 Å². The van der Waals surface area contributed by atoms with Crippen LogP contribution in [0, 0.1) is 0 Å². The highest BCUT2D eigenvalue weighted by Crippen LogP contribution is 2.42. The van der Waals surface area contributed by atoms with Crippen LogP contribution in [0.5, 0.6) is 0 Å². The third-order valence-corrected chi connectivity index (χ3v) is 109. The minimum Gasteiger partial charge on any atom is -0.0710 e. The zero-order valence-electron chi connectivity index (χ0n) is 36.1. The SMILES string of the molecule is C[Si](C)(C)[Si](c1ccccc1)(c1ccccc1)[Si](c1ccccc1)(c1ccccc1)[Si](c1ccccc1)(c1ccccc1)[Si](c1ccccc1)(c1ccccc1)[Si](C)(C)C. The number of benzene rings is 8. The summed E-state index contributed by atoms with van der Waals surface area (Å²) < 4.78 is 0. The van der Waals surface area contributed by atoms with E-state index in [0.717, 1.165) is 0 Å². The molecule has 298 valence electrons. The molecule has 6 heteroatoms. The average Bonchev–Trinajstić information content (AvgIpc) is 3.29. The molecule has 0 fully saturated rings. The van der Waals surface area contributed by atoms with Gasteiger partial charge in [-0.1, -0.05) is 323 Å². The van der Waals surface area contributed by atoms with Crippen molar-refractivity contribution in [1.82, 2.24) is 0 Å². The van der Waals surface area contributed by atoms with Crippen LogP contribution in [0.1, 0.15) is 0 Å². The van der Waals surface area contributed by atoms with Gasteiger partial charge in [-0.05, 0) is 0 Å². The molecule has 8 rings (SSSR count). The normalized spacial score (nSPS) is 12.8. The van der Waals surface area contributed by atoms with Gasteiger partial charge in [0.1, 0.15) is 28.4 Å². The van der Waals surface area contributed by atoms with Gasteiger partial charge in [-0.2, -0.15) is 0 Å². The van der Waals surface area contributed by atoms with Crippen LogP contribution in [0.15, 0.2) is 243 Å². The molecule has 0 saturated carbocycles. The lowest BCUT2D eigenvalue weighted by molar-refractivity contribution is 1.67. The Kier molecular flexibility index (Phi) is 11.7. The molecule has 0 radical (unpaired) electrons. The molecule has 8 aromatic carbocycles. The predicted molar refractivity (Wildman–Crippen MR) is 278 cm³/mol. The molecule has 8 aromatic rings. The average molecular weight is 876 g/mol. The number of hydrogen-bond acceptors (Lipinski definition) is 0. The minimum atomic E-state index is -3.38. The first-order valence-corrected chi connectivity index (χ1v) is 41.5. The van der Waals surface area contributed by atoms with Gasteiger partial charge >= 0.3 is 0 Å². The summed E-state index contributed by atoms with van der Waals surface area (Å²) in [5.41, 5.74) is 0. The second-order valence-electron chi connectivity index (χ2n) is 18.4. The summed E-state index contributed by atoms with van der Waals surface area (Å²) in [6.45, 7) is 16.6. The van der Waals surface area contributed by atoms with Gasteiger partial charge in [-0.3, -0.25) is 0 Å². The van der Waals surface area contributed by atoms with Gasteiger partial charge in [0.25, 0.3) is 0 Å². The molecule has 0 aliphatic heterocycles. The van der Waals surface area contributed by atoms with Gasteiger partial charge < -0.3 is 0 Å². The molecule has 0 nitrogen and oxygen atoms in total. The first-order chi connectivity index (χ1) is 29.1. The van der Waals surface area contributed by atoms with Gasteiger partial charge in [0.2, 0.25) is 0 Å². The van der Waals surface area contributed by atoms with Crippen molar-refractivity contribution in [3.05, 3.63) is 243 Å². The lowest BCUT2D eigenvalue weighted by Crippen LogP contribution is -3.11. The van der Waals surface area contributed by atoms with E-state index in [2.05, 4.69) is 282 Å². The maximum absolute atomic E-state index is 3.38. The van der Waals surface area contributed by atoms with Crippen molar-refractivity contribution in [3.8, 4) is 0 Å². The van der Waals surface area contributed by atoms with E-state index in [9.17, 15) is 0 Å². The molecule has 0 N–H and O–H groups in total. The van der Waals surface area contributed by atoms with Crippen LogP contribution in [0.2, 0.25) is 39.3 Å². The molecule has 0 atom stereocenters. The molecule has 0 aliphatic carbocycles. The largest absolute Gasteiger partial charge is 0.120 e. The zero-order valence-corrected chi connectivity index (χ0v) is 42.1. The standard InChI is InChI=1S/C54H58Si6/c1-55(2,3)57(47-31-15-7-16-32-47,48-33-17-8-18-34-48)59(51-39-23-11-24-40-51,52-41-25-12-26-42-52)60(53-43-27-13-28-44-53,54-45-29-14-30-46-54)58(56(4,5)6,49-35-19-9-20-36-49)50-37-21-10-22-38-50/h7-46H,1-6H3. The molecular weight excluding hydrogens is 817 g/mol. The monoisotopic (exact) mass is 874 g/mol. The lowest BCUT2D eigenvalue weighted by atomic mass is 10.4. The predicted octanol–water partition coefficient (Wildman–Crippen LogP) is 8.11. The highest BCUT2D eigenvalue weighted by Gasteiger charge is 2.81. The summed E-state index contributed by atoms with van der Waals surface area (Å²) in [6.07, 6.45) is 0. The first-order valence-electron chi connectivity index (χ1n) is 21.5. The van der Waals surface area contributed by atoms with Crippen molar-refractivity contribution in [2.75, 3.05) is 0 Å². The Morgan fingerprint density at radius 1 is 0.167 bits per heavy atom. The Bertz CT molecular complexity index is 2230. The molecule has 0 saturated heterocycles. The van der Waals surface area contributed by atoms with E-state index in [-0.39, 0.29) is 0 Å². The van der Waals surface area contributed by atoms with Crippen LogP contribution < -0.4 is 41.5 Å². The van der Waals surface area contributed by atoms with Crippen molar-refractivity contribution >= 4 is 85.1 Å². The number of rotatable bonds is 13. The van der Waals surface area contributed by atoms with Crippen LogP contribution in [-0.4, -0.2) is 43.6 Å². The molecule has 0 aromatic heterocycles.